The second kappa shape index (κ2) is 5.81. The largest absolute Gasteiger partial charge is 0.441 e. The van der Waals surface area contributed by atoms with Crippen molar-refractivity contribution in [1.82, 2.24) is 10.2 Å². The Morgan fingerprint density at radius 1 is 1.44 bits per heavy atom. The predicted molar refractivity (Wildman–Crippen MR) is 61.9 cm³/mol. The average Bonchev–Trinajstić information content (AvgIpc) is 2.20. The fourth-order valence-corrected chi connectivity index (χ4v) is 2.18. The van der Waals surface area contributed by atoms with Crippen LogP contribution in [0, 0.1) is 5.92 Å². The van der Waals surface area contributed by atoms with E-state index in [2.05, 4.69) is 5.32 Å². The number of rotatable bonds is 4. The van der Waals surface area contributed by atoms with Gasteiger partial charge >= 0.3 is 5.51 Å². The minimum Gasteiger partial charge on any atom is -0.343 e. The van der Waals surface area contributed by atoms with Crippen LogP contribution in [0.15, 0.2) is 0 Å². The Bertz CT molecular complexity index is 334. The van der Waals surface area contributed by atoms with E-state index in [4.69, 9.17) is 0 Å². The van der Waals surface area contributed by atoms with Gasteiger partial charge in [0.15, 0.2) is 0 Å². The number of alkyl halides is 3. The van der Waals surface area contributed by atoms with Gasteiger partial charge in [0.1, 0.15) is 6.04 Å². The number of hydrogen-bond acceptors (Lipinski definition) is 3. The predicted octanol–water partition coefficient (Wildman–Crippen LogP) is 1.22. The van der Waals surface area contributed by atoms with Crippen molar-refractivity contribution in [3.8, 4) is 0 Å². The molecule has 1 aliphatic rings. The number of hydrogen-bond donors (Lipinski definition) is 1. The minimum absolute atomic E-state index is 0.0698. The van der Waals surface area contributed by atoms with E-state index in [0.717, 1.165) is 0 Å². The van der Waals surface area contributed by atoms with E-state index in [1.807, 2.05) is 0 Å². The van der Waals surface area contributed by atoms with E-state index in [-0.39, 0.29) is 48.3 Å². The Morgan fingerprint density at radius 3 is 2.56 bits per heavy atom. The molecule has 4 nitrogen and oxygen atoms in total. The van der Waals surface area contributed by atoms with Crippen molar-refractivity contribution in [1.29, 1.82) is 0 Å². The molecule has 1 N–H and O–H groups in total. The first-order valence-corrected chi connectivity index (χ1v) is 6.48. The van der Waals surface area contributed by atoms with E-state index < -0.39 is 11.6 Å². The lowest BCUT2D eigenvalue weighted by Gasteiger charge is -2.34. The number of amides is 2. The fraction of sp³-hybridized carbons (Fsp3) is 0.800. The molecule has 8 heteroatoms. The monoisotopic (exact) mass is 284 g/mol. The fourth-order valence-electron chi connectivity index (χ4n) is 1.64. The highest BCUT2D eigenvalue weighted by Gasteiger charge is 2.35. The molecule has 0 aromatic rings. The van der Waals surface area contributed by atoms with Gasteiger partial charge in [-0.2, -0.15) is 13.2 Å². The molecular formula is C10H15F3N2O2S. The highest BCUT2D eigenvalue weighted by molar-refractivity contribution is 8.00. The van der Waals surface area contributed by atoms with Gasteiger partial charge in [0.25, 0.3) is 0 Å². The number of carbonyl (C=O) groups excluding carboxylic acids is 2. The van der Waals surface area contributed by atoms with Gasteiger partial charge in [-0.15, -0.1) is 0 Å². The van der Waals surface area contributed by atoms with Gasteiger partial charge in [-0.3, -0.25) is 9.59 Å². The molecule has 18 heavy (non-hydrogen) atoms. The van der Waals surface area contributed by atoms with Gasteiger partial charge < -0.3 is 10.2 Å². The zero-order valence-corrected chi connectivity index (χ0v) is 10.9. The number of halogens is 3. The zero-order chi connectivity index (χ0) is 13.9. The third-order valence-corrected chi connectivity index (χ3v) is 3.24. The van der Waals surface area contributed by atoms with Crippen molar-refractivity contribution in [2.45, 2.75) is 25.4 Å². The Kier molecular flexibility index (Phi) is 4.89. The Morgan fingerprint density at radius 2 is 2.06 bits per heavy atom. The van der Waals surface area contributed by atoms with Crippen molar-refractivity contribution >= 4 is 23.6 Å². The summed E-state index contributed by atoms with van der Waals surface area (Å²) in [7, 11) is 0. The normalized spacial score (nSPS) is 21.4. The minimum atomic E-state index is -4.31. The van der Waals surface area contributed by atoms with Gasteiger partial charge in [-0.1, -0.05) is 13.8 Å². The quantitative estimate of drug-likeness (QED) is 0.844. The standard InChI is InChI=1S/C10H15F3N2O2S/c1-6(2)8-9(17)15(5-7(16)14-8)3-4-18-10(11,12)13/h6,8H,3-5H2,1-2H3,(H,14,16). The zero-order valence-electron chi connectivity index (χ0n) is 10.1. The highest BCUT2D eigenvalue weighted by Crippen LogP contribution is 2.30. The summed E-state index contributed by atoms with van der Waals surface area (Å²) < 4.78 is 35.9. The number of carbonyl (C=O) groups is 2. The second-order valence-corrected chi connectivity index (χ2v) is 5.50. The van der Waals surface area contributed by atoms with Gasteiger partial charge in [0.2, 0.25) is 11.8 Å². The molecule has 0 aromatic carbocycles. The molecule has 1 heterocycles. The number of piperazine rings is 1. The molecule has 0 radical (unpaired) electrons. The maximum atomic E-state index is 12.0. The summed E-state index contributed by atoms with van der Waals surface area (Å²) in [5, 5.41) is 2.54. The molecule has 1 fully saturated rings. The first-order chi connectivity index (χ1) is 8.20. The molecule has 1 saturated heterocycles. The highest BCUT2D eigenvalue weighted by atomic mass is 32.2. The summed E-state index contributed by atoms with van der Waals surface area (Å²) in [5.41, 5.74) is -4.31. The Labute approximate surface area is 107 Å². The molecule has 0 aliphatic carbocycles. The van der Waals surface area contributed by atoms with E-state index in [9.17, 15) is 22.8 Å². The third kappa shape index (κ3) is 4.40. The first-order valence-electron chi connectivity index (χ1n) is 5.49. The van der Waals surface area contributed by atoms with Crippen LogP contribution < -0.4 is 5.32 Å². The van der Waals surface area contributed by atoms with Gasteiger partial charge in [-0.25, -0.2) is 0 Å². The summed E-state index contributed by atoms with van der Waals surface area (Å²) in [4.78, 5) is 24.4. The molecule has 1 unspecified atom stereocenters. The molecule has 1 rings (SSSR count). The molecule has 2 amide bonds. The van der Waals surface area contributed by atoms with E-state index in [0.29, 0.717) is 0 Å². The summed E-state index contributed by atoms with van der Waals surface area (Å²) >= 11 is -0.185. The van der Waals surface area contributed by atoms with Crippen LogP contribution in [0.4, 0.5) is 13.2 Å². The Hall–Kier alpha value is -0.920. The van der Waals surface area contributed by atoms with E-state index in [1.54, 1.807) is 13.8 Å². The van der Waals surface area contributed by atoms with Crippen LogP contribution in [0.2, 0.25) is 0 Å². The van der Waals surface area contributed by atoms with Crippen molar-refractivity contribution < 1.29 is 22.8 Å². The number of thioether (sulfide) groups is 1. The molecule has 104 valence electrons. The van der Waals surface area contributed by atoms with Crippen LogP contribution in [0.25, 0.3) is 0 Å². The second-order valence-electron chi connectivity index (χ2n) is 4.34. The summed E-state index contributed by atoms with van der Waals surface area (Å²) in [5.74, 6) is -0.981. The number of nitrogens with zero attached hydrogens (tertiary/aromatic N) is 1. The lowest BCUT2D eigenvalue weighted by Crippen LogP contribution is -2.60. The lowest BCUT2D eigenvalue weighted by atomic mass is 10.0. The van der Waals surface area contributed by atoms with Crippen LogP contribution in [-0.2, 0) is 9.59 Å². The maximum Gasteiger partial charge on any atom is 0.441 e. The lowest BCUT2D eigenvalue weighted by molar-refractivity contribution is -0.145. The summed E-state index contributed by atoms with van der Waals surface area (Å²) in [6.45, 7) is 3.31. The van der Waals surface area contributed by atoms with E-state index in [1.165, 1.54) is 4.90 Å². The first kappa shape index (κ1) is 15.1. The average molecular weight is 284 g/mol. The van der Waals surface area contributed by atoms with Crippen LogP contribution in [0.3, 0.4) is 0 Å². The molecule has 1 atom stereocenters. The van der Waals surface area contributed by atoms with Gasteiger partial charge in [-0.05, 0) is 17.7 Å². The summed E-state index contributed by atoms with van der Waals surface area (Å²) in [6, 6.07) is -0.637. The molecule has 0 saturated carbocycles. The van der Waals surface area contributed by atoms with Crippen molar-refractivity contribution in [3.05, 3.63) is 0 Å². The van der Waals surface area contributed by atoms with Crippen molar-refractivity contribution in [2.75, 3.05) is 18.8 Å². The van der Waals surface area contributed by atoms with Crippen LogP contribution in [0.5, 0.6) is 0 Å². The van der Waals surface area contributed by atoms with E-state index >= 15 is 0 Å². The van der Waals surface area contributed by atoms with Crippen LogP contribution in [-0.4, -0.2) is 47.1 Å². The van der Waals surface area contributed by atoms with Crippen LogP contribution in [0.1, 0.15) is 13.8 Å². The van der Waals surface area contributed by atoms with Gasteiger partial charge in [0, 0.05) is 12.3 Å². The molecule has 1 aliphatic heterocycles. The number of nitrogens with one attached hydrogen (secondary N) is 1. The van der Waals surface area contributed by atoms with Crippen molar-refractivity contribution in [3.63, 3.8) is 0 Å². The maximum absolute atomic E-state index is 12.0. The Balaban J connectivity index is 2.54. The molecule has 0 spiro atoms. The van der Waals surface area contributed by atoms with Crippen molar-refractivity contribution in [2.24, 2.45) is 5.92 Å². The SMILES string of the molecule is CC(C)C1NC(=O)CN(CCSC(F)(F)F)C1=O. The summed E-state index contributed by atoms with van der Waals surface area (Å²) in [6.07, 6.45) is 0. The van der Waals surface area contributed by atoms with Crippen LogP contribution >= 0.6 is 11.8 Å². The topological polar surface area (TPSA) is 49.4 Å². The third-order valence-electron chi connectivity index (χ3n) is 2.52. The smallest absolute Gasteiger partial charge is 0.343 e. The molecule has 0 bridgehead atoms. The van der Waals surface area contributed by atoms with Gasteiger partial charge in [0.05, 0.1) is 6.54 Å². The molecular weight excluding hydrogens is 269 g/mol. The molecule has 0 aromatic heterocycles.